The number of hydrogen-bond donors (Lipinski definition) is 4. The average Bonchev–Trinajstić information content (AvgIpc) is 2.99. The van der Waals surface area contributed by atoms with Crippen LogP contribution in [0.2, 0.25) is 0 Å². The van der Waals surface area contributed by atoms with Crippen LogP contribution in [0.1, 0.15) is 117 Å². The average molecular weight is 529 g/mol. The maximum Gasteiger partial charge on any atom is 0.126 e. The number of allylic oxidation sites excluding steroid dienone is 1. The smallest absolute Gasteiger partial charge is 0.126 e. The van der Waals surface area contributed by atoms with Gasteiger partial charge in [0, 0.05) is 29.2 Å². The van der Waals surface area contributed by atoms with E-state index >= 15 is 0 Å². The molecule has 1 saturated carbocycles. The Kier molecular flexibility index (Phi) is 10.7. The fourth-order valence-electron chi connectivity index (χ4n) is 9.32. The van der Waals surface area contributed by atoms with E-state index in [-0.39, 0.29) is 0 Å². The van der Waals surface area contributed by atoms with Crippen LogP contribution in [-0.4, -0.2) is 56.9 Å². The molecule has 4 saturated heterocycles. The van der Waals surface area contributed by atoms with Crippen molar-refractivity contribution in [1.29, 1.82) is 0 Å². The molecule has 5 aliphatic rings. The molecule has 0 aromatic rings. The Morgan fingerprint density at radius 2 is 1.08 bits per heavy atom. The van der Waals surface area contributed by atoms with E-state index in [1.54, 1.807) is 0 Å². The van der Waals surface area contributed by atoms with Crippen LogP contribution in [0, 0.1) is 23.7 Å². The molecule has 4 N–H and O–H groups in total. The topological polar surface area (TPSA) is 48.1 Å². The highest BCUT2D eigenvalue weighted by Gasteiger charge is 2.58. The molecule has 6 atom stereocenters. The highest BCUT2D eigenvalue weighted by molar-refractivity contribution is 6.85. The Bertz CT molecular complexity index is 633. The second-order valence-corrected chi connectivity index (χ2v) is 18.5. The van der Waals surface area contributed by atoms with Gasteiger partial charge in [-0.25, -0.2) is 0 Å². The van der Waals surface area contributed by atoms with Crippen LogP contribution in [0.15, 0.2) is 12.2 Å². The van der Waals surface area contributed by atoms with Crippen molar-refractivity contribution in [2.75, 3.05) is 26.2 Å². The molecule has 5 rings (SSSR count). The highest BCUT2D eigenvalue weighted by Crippen LogP contribution is 2.39. The minimum atomic E-state index is -1.77. The molecule has 4 aliphatic heterocycles. The number of rotatable bonds is 8. The third-order valence-electron chi connectivity index (χ3n) is 11.7. The van der Waals surface area contributed by atoms with E-state index in [0.717, 1.165) is 46.3 Å². The van der Waals surface area contributed by atoms with Gasteiger partial charge in [-0.15, -0.1) is 0 Å². The van der Waals surface area contributed by atoms with Gasteiger partial charge in [0.2, 0.25) is 0 Å². The predicted molar refractivity (Wildman–Crippen MR) is 161 cm³/mol. The molecule has 0 bridgehead atoms. The normalized spacial score (nSPS) is 40.8. The van der Waals surface area contributed by atoms with E-state index in [0.29, 0.717) is 0 Å². The molecular weight excluding hydrogens is 468 g/mol. The van der Waals surface area contributed by atoms with Crippen LogP contribution < -0.4 is 21.3 Å². The van der Waals surface area contributed by atoms with Gasteiger partial charge in [-0.3, -0.25) is 0 Å². The van der Waals surface area contributed by atoms with Gasteiger partial charge in [0.1, 0.15) is 8.07 Å². The summed E-state index contributed by atoms with van der Waals surface area (Å²) in [6.07, 6.45) is 27.9. The van der Waals surface area contributed by atoms with E-state index in [1.165, 1.54) is 129 Å². The second kappa shape index (κ2) is 13.9. The standard InChI is InChI=1S/C32H60N4Si/c1-3-25(2)28-18-15-26(16-19-28)13-14-27-17-20-32(36-24-27)37(29-10-4-7-21-33-29,30-11-5-8-22-34-30)31-12-6-9-23-35-31/h13-14,25-36H,3-12,15-24H2,1-2H3. The van der Waals surface area contributed by atoms with E-state index in [4.69, 9.17) is 0 Å². The number of nitrogens with one attached hydrogen (secondary N) is 4. The second-order valence-electron chi connectivity index (χ2n) is 13.8. The van der Waals surface area contributed by atoms with Crippen molar-refractivity contribution in [3.8, 4) is 0 Å². The molecule has 0 radical (unpaired) electrons. The van der Waals surface area contributed by atoms with Gasteiger partial charge in [0.05, 0.1) is 0 Å². The van der Waals surface area contributed by atoms with Crippen molar-refractivity contribution >= 4 is 8.07 Å². The Balaban J connectivity index is 1.26. The van der Waals surface area contributed by atoms with E-state index < -0.39 is 8.07 Å². The molecule has 4 nitrogen and oxygen atoms in total. The molecule has 6 unspecified atom stereocenters. The Labute approximate surface area is 230 Å². The minimum absolute atomic E-state index is 0.744. The van der Waals surface area contributed by atoms with Gasteiger partial charge >= 0.3 is 0 Å². The van der Waals surface area contributed by atoms with Crippen LogP contribution in [0.4, 0.5) is 0 Å². The molecule has 0 aromatic heterocycles. The van der Waals surface area contributed by atoms with Gasteiger partial charge in [0.15, 0.2) is 0 Å². The van der Waals surface area contributed by atoms with Crippen molar-refractivity contribution in [3.63, 3.8) is 0 Å². The highest BCUT2D eigenvalue weighted by atomic mass is 28.3. The van der Waals surface area contributed by atoms with Crippen molar-refractivity contribution < 1.29 is 0 Å². The van der Waals surface area contributed by atoms with Gasteiger partial charge < -0.3 is 21.3 Å². The van der Waals surface area contributed by atoms with Crippen LogP contribution in [0.3, 0.4) is 0 Å². The zero-order chi connectivity index (χ0) is 25.5. The van der Waals surface area contributed by atoms with Crippen LogP contribution >= 0.6 is 0 Å². The van der Waals surface area contributed by atoms with E-state index in [2.05, 4.69) is 47.3 Å². The molecule has 212 valence electrons. The van der Waals surface area contributed by atoms with Crippen LogP contribution in [-0.2, 0) is 0 Å². The van der Waals surface area contributed by atoms with Crippen molar-refractivity contribution in [2.45, 2.75) is 139 Å². The maximum absolute atomic E-state index is 4.31. The Hall–Kier alpha value is -0.203. The summed E-state index contributed by atoms with van der Waals surface area (Å²) >= 11 is 0. The van der Waals surface area contributed by atoms with Gasteiger partial charge in [-0.05, 0) is 120 Å². The summed E-state index contributed by atoms with van der Waals surface area (Å²) in [5.74, 6) is 3.49. The summed E-state index contributed by atoms with van der Waals surface area (Å²) in [6.45, 7) is 9.80. The minimum Gasteiger partial charge on any atom is -0.316 e. The predicted octanol–water partition coefficient (Wildman–Crippen LogP) is 5.80. The van der Waals surface area contributed by atoms with Gasteiger partial charge in [0.25, 0.3) is 0 Å². The van der Waals surface area contributed by atoms with Crippen LogP contribution in [0.5, 0.6) is 0 Å². The maximum atomic E-state index is 4.31. The van der Waals surface area contributed by atoms with Gasteiger partial charge in [-0.2, -0.15) is 0 Å². The Morgan fingerprint density at radius 1 is 0.595 bits per heavy atom. The van der Waals surface area contributed by atoms with Gasteiger partial charge in [-0.1, -0.05) is 51.7 Å². The molecule has 0 aromatic carbocycles. The van der Waals surface area contributed by atoms with Crippen LogP contribution in [0.25, 0.3) is 0 Å². The fourth-order valence-corrected chi connectivity index (χ4v) is 17.0. The van der Waals surface area contributed by atoms with Crippen molar-refractivity contribution in [2.24, 2.45) is 23.7 Å². The molecule has 0 spiro atoms. The summed E-state index contributed by atoms with van der Waals surface area (Å²) in [4.78, 5) is 0. The summed E-state index contributed by atoms with van der Waals surface area (Å²) in [6, 6.07) is 0. The largest absolute Gasteiger partial charge is 0.316 e. The summed E-state index contributed by atoms with van der Waals surface area (Å²) in [5, 5.41) is 16.8. The lowest BCUT2D eigenvalue weighted by atomic mass is 9.75. The van der Waals surface area contributed by atoms with E-state index in [1.807, 2.05) is 0 Å². The quantitative estimate of drug-likeness (QED) is 0.238. The fraction of sp³-hybridized carbons (Fsp3) is 0.938. The Morgan fingerprint density at radius 3 is 1.51 bits per heavy atom. The first-order chi connectivity index (χ1) is 18.2. The number of piperidine rings is 4. The molecule has 1 aliphatic carbocycles. The molecule has 5 heteroatoms. The zero-order valence-electron chi connectivity index (χ0n) is 24.4. The first-order valence-electron chi connectivity index (χ1n) is 16.8. The lowest BCUT2D eigenvalue weighted by Gasteiger charge is -2.58. The first kappa shape index (κ1) is 28.3. The monoisotopic (exact) mass is 528 g/mol. The molecular formula is C32H60N4Si. The van der Waals surface area contributed by atoms with Crippen molar-refractivity contribution in [3.05, 3.63) is 12.2 Å². The first-order valence-corrected chi connectivity index (χ1v) is 19.1. The lowest BCUT2D eigenvalue weighted by Crippen LogP contribution is -2.84. The zero-order valence-corrected chi connectivity index (χ0v) is 25.4. The molecule has 0 amide bonds. The SMILES string of the molecule is CCC(C)C1CCC(C=CC2CCC([Si](C3CCCCN3)(C3CCCCN3)C3CCCCN3)NC2)CC1. The molecule has 4 heterocycles. The summed E-state index contributed by atoms with van der Waals surface area (Å²) < 4.78 is 0. The third kappa shape index (κ3) is 6.59. The van der Waals surface area contributed by atoms with E-state index in [9.17, 15) is 0 Å². The summed E-state index contributed by atoms with van der Waals surface area (Å²) in [5.41, 5.74) is 3.08. The molecule has 37 heavy (non-hydrogen) atoms. The summed E-state index contributed by atoms with van der Waals surface area (Å²) in [7, 11) is -1.77. The van der Waals surface area contributed by atoms with Crippen molar-refractivity contribution in [1.82, 2.24) is 21.3 Å². The lowest BCUT2D eigenvalue weighted by molar-refractivity contribution is 0.230. The molecule has 5 fully saturated rings. The number of hydrogen-bond acceptors (Lipinski definition) is 4. The third-order valence-corrected chi connectivity index (χ3v) is 18.5.